The van der Waals surface area contributed by atoms with Crippen LogP contribution in [0.2, 0.25) is 19.6 Å². The van der Waals surface area contributed by atoms with Gasteiger partial charge in [0.25, 0.3) is 0 Å². The lowest BCUT2D eigenvalue weighted by atomic mass is 9.96. The van der Waals surface area contributed by atoms with Gasteiger partial charge in [0.1, 0.15) is 0 Å². The molecule has 0 aliphatic heterocycles. The maximum atomic E-state index is 10.9. The molecule has 0 fully saturated rings. The van der Waals surface area contributed by atoms with Gasteiger partial charge in [0.15, 0.2) is 5.60 Å². The lowest BCUT2D eigenvalue weighted by Gasteiger charge is -2.26. The summed E-state index contributed by atoms with van der Waals surface area (Å²) in [5.74, 6) is 0. The predicted octanol–water partition coefficient (Wildman–Crippen LogP) is 4.03. The molecule has 1 atom stereocenters. The molecular weight excluding hydrogens is 244 g/mol. The Morgan fingerprint density at radius 3 is 2.28 bits per heavy atom. The third kappa shape index (κ3) is 4.37. The smallest absolute Gasteiger partial charge is 0.450 e. The van der Waals surface area contributed by atoms with Crippen LogP contribution in [-0.2, 0) is 10.3 Å². The van der Waals surface area contributed by atoms with Crippen molar-refractivity contribution in [1.29, 1.82) is 0 Å². The molecule has 0 amide bonds. The van der Waals surface area contributed by atoms with Crippen LogP contribution >= 0.6 is 0 Å². The number of hydrogen-bond donors (Lipinski definition) is 1. The normalized spacial score (nSPS) is 15.3. The number of carboxylic acid groups (broad SMARTS) is 1. The minimum Gasteiger partial charge on any atom is -0.450 e. The maximum absolute atomic E-state index is 10.9. The van der Waals surface area contributed by atoms with E-state index in [1.807, 2.05) is 36.4 Å². The molecule has 0 saturated carbocycles. The van der Waals surface area contributed by atoms with Crippen LogP contribution in [0.5, 0.6) is 0 Å². The van der Waals surface area contributed by atoms with Crippen LogP contribution < -0.4 is 0 Å². The van der Waals surface area contributed by atoms with Crippen LogP contribution in [0.4, 0.5) is 4.79 Å². The van der Waals surface area contributed by atoms with Crippen molar-refractivity contribution in [2.45, 2.75) is 32.2 Å². The van der Waals surface area contributed by atoms with Crippen molar-refractivity contribution < 1.29 is 14.6 Å². The highest BCUT2D eigenvalue weighted by molar-refractivity contribution is 6.80. The highest BCUT2D eigenvalue weighted by atomic mass is 28.3. The van der Waals surface area contributed by atoms with Gasteiger partial charge in [-0.3, -0.25) is 0 Å². The first-order valence-corrected chi connectivity index (χ1v) is 9.48. The van der Waals surface area contributed by atoms with Gasteiger partial charge in [0.05, 0.1) is 8.07 Å². The Hall–Kier alpha value is -1.55. The molecule has 1 N–H and O–H groups in total. The van der Waals surface area contributed by atoms with Gasteiger partial charge >= 0.3 is 6.16 Å². The molecule has 3 nitrogen and oxygen atoms in total. The second kappa shape index (κ2) is 5.39. The van der Waals surface area contributed by atoms with E-state index in [0.29, 0.717) is 0 Å². The molecule has 1 aromatic rings. The number of hydrogen-bond acceptors (Lipinski definition) is 2. The topological polar surface area (TPSA) is 46.5 Å². The second-order valence-electron chi connectivity index (χ2n) is 5.54. The molecule has 0 bridgehead atoms. The van der Waals surface area contributed by atoms with Crippen LogP contribution in [0.25, 0.3) is 0 Å². The van der Waals surface area contributed by atoms with Crippen molar-refractivity contribution in [1.82, 2.24) is 0 Å². The van der Waals surface area contributed by atoms with Crippen molar-refractivity contribution in [3.63, 3.8) is 0 Å². The fraction of sp³-hybridized carbons (Fsp3) is 0.357. The molecule has 4 heteroatoms. The van der Waals surface area contributed by atoms with Crippen LogP contribution in [0.15, 0.2) is 42.1 Å². The lowest BCUT2D eigenvalue weighted by molar-refractivity contribution is 0.0185. The first-order valence-electron chi connectivity index (χ1n) is 5.91. The molecule has 0 saturated heterocycles. The second-order valence-corrected chi connectivity index (χ2v) is 10.6. The molecule has 0 spiro atoms. The zero-order valence-electron chi connectivity index (χ0n) is 11.3. The van der Waals surface area contributed by atoms with Gasteiger partial charge in [-0.05, 0) is 18.6 Å². The van der Waals surface area contributed by atoms with E-state index in [2.05, 4.69) is 25.3 Å². The summed E-state index contributed by atoms with van der Waals surface area (Å²) in [5.41, 5.74) is 2.01. The van der Waals surface area contributed by atoms with E-state index in [0.717, 1.165) is 5.56 Å². The summed E-state index contributed by atoms with van der Waals surface area (Å²) in [7, 11) is -1.40. The highest BCUT2D eigenvalue weighted by Gasteiger charge is 2.28. The summed E-state index contributed by atoms with van der Waals surface area (Å²) in [6.45, 7) is 8.34. The average Bonchev–Trinajstić information content (AvgIpc) is 2.26. The Labute approximate surface area is 109 Å². The van der Waals surface area contributed by atoms with Gasteiger partial charge in [0.2, 0.25) is 0 Å². The maximum Gasteiger partial charge on any atom is 0.506 e. The monoisotopic (exact) mass is 264 g/mol. The number of ether oxygens (including phenoxy) is 1. The molecule has 0 heterocycles. The van der Waals surface area contributed by atoms with Gasteiger partial charge in [-0.2, -0.15) is 0 Å². The number of benzene rings is 1. The third-order valence-electron chi connectivity index (χ3n) is 2.55. The fourth-order valence-corrected chi connectivity index (χ4v) is 2.37. The largest absolute Gasteiger partial charge is 0.506 e. The summed E-state index contributed by atoms with van der Waals surface area (Å²) in [6, 6.07) is 9.39. The van der Waals surface area contributed by atoms with Crippen LogP contribution in [0, 0.1) is 0 Å². The highest BCUT2D eigenvalue weighted by Crippen LogP contribution is 2.28. The van der Waals surface area contributed by atoms with E-state index in [-0.39, 0.29) is 0 Å². The Kier molecular flexibility index (Phi) is 4.35. The van der Waals surface area contributed by atoms with Gasteiger partial charge in [-0.25, -0.2) is 4.79 Å². The van der Waals surface area contributed by atoms with Crippen molar-refractivity contribution in [3.8, 4) is 0 Å². The van der Waals surface area contributed by atoms with E-state index in [1.165, 1.54) is 0 Å². The first-order chi connectivity index (χ1) is 8.23. The standard InChI is InChI=1S/C14H20O3Si/c1-14(17-13(15)16,10-11-18(2,3)4)12-8-6-5-7-9-12/h5-11H,1-4H3,(H,15,16)/b11-10+. The van der Waals surface area contributed by atoms with Gasteiger partial charge in [-0.15, -0.1) is 0 Å². The minimum absolute atomic E-state index is 0.835. The van der Waals surface area contributed by atoms with Crippen molar-refractivity contribution in [2.75, 3.05) is 0 Å². The van der Waals surface area contributed by atoms with Crippen LogP contribution in [0.1, 0.15) is 12.5 Å². The molecule has 1 rings (SSSR count). The van der Waals surface area contributed by atoms with Crippen molar-refractivity contribution >= 4 is 14.2 Å². The lowest BCUT2D eigenvalue weighted by Crippen LogP contribution is -2.28. The van der Waals surface area contributed by atoms with Gasteiger partial charge in [-0.1, -0.05) is 55.7 Å². The van der Waals surface area contributed by atoms with E-state index in [4.69, 9.17) is 9.84 Å². The minimum atomic E-state index is -1.40. The quantitative estimate of drug-likeness (QED) is 0.659. The molecule has 1 unspecified atom stereocenters. The summed E-state index contributed by atoms with van der Waals surface area (Å²) in [4.78, 5) is 10.9. The zero-order chi connectivity index (χ0) is 13.8. The van der Waals surface area contributed by atoms with Crippen molar-refractivity contribution in [2.24, 2.45) is 0 Å². The molecule has 0 radical (unpaired) electrons. The fourth-order valence-electron chi connectivity index (χ4n) is 1.55. The van der Waals surface area contributed by atoms with E-state index in [9.17, 15) is 4.79 Å². The summed E-state index contributed by atoms with van der Waals surface area (Å²) in [5, 5.41) is 8.90. The summed E-state index contributed by atoms with van der Waals surface area (Å²) >= 11 is 0. The zero-order valence-corrected chi connectivity index (χ0v) is 12.3. The summed E-state index contributed by atoms with van der Waals surface area (Å²) in [6.07, 6.45) is 0.601. The molecule has 1 aromatic carbocycles. The molecular formula is C14H20O3Si. The number of carbonyl (C=O) groups is 1. The van der Waals surface area contributed by atoms with Crippen LogP contribution in [-0.4, -0.2) is 19.3 Å². The third-order valence-corrected chi connectivity index (χ3v) is 3.71. The molecule has 0 aliphatic rings. The van der Waals surface area contributed by atoms with Crippen molar-refractivity contribution in [3.05, 3.63) is 47.7 Å². The molecule has 98 valence electrons. The van der Waals surface area contributed by atoms with E-state index >= 15 is 0 Å². The van der Waals surface area contributed by atoms with E-state index in [1.54, 1.807) is 6.92 Å². The number of rotatable bonds is 4. The Morgan fingerprint density at radius 1 is 1.28 bits per heavy atom. The van der Waals surface area contributed by atoms with E-state index < -0.39 is 19.8 Å². The van der Waals surface area contributed by atoms with Crippen LogP contribution in [0.3, 0.4) is 0 Å². The Morgan fingerprint density at radius 2 is 1.83 bits per heavy atom. The molecule has 18 heavy (non-hydrogen) atoms. The average molecular weight is 264 g/mol. The Bertz CT molecular complexity index is 434. The first kappa shape index (κ1) is 14.5. The van der Waals surface area contributed by atoms with Gasteiger partial charge < -0.3 is 9.84 Å². The molecule has 0 aromatic heterocycles. The Balaban J connectivity index is 3.11. The predicted molar refractivity (Wildman–Crippen MR) is 75.4 cm³/mol. The van der Waals surface area contributed by atoms with Gasteiger partial charge in [0, 0.05) is 0 Å². The molecule has 0 aliphatic carbocycles. The summed E-state index contributed by atoms with van der Waals surface area (Å²) < 4.78 is 5.07. The SMILES string of the molecule is CC(/C=C/[Si](C)(C)C)(OC(=O)O)c1ccccc1.